The van der Waals surface area contributed by atoms with Crippen molar-refractivity contribution in [3.8, 4) is 0 Å². The van der Waals surface area contributed by atoms with E-state index in [4.69, 9.17) is 5.73 Å². The van der Waals surface area contributed by atoms with Gasteiger partial charge in [-0.05, 0) is 19.3 Å². The van der Waals surface area contributed by atoms with E-state index >= 15 is 0 Å². The number of nitrogens with zero attached hydrogens (tertiary/aromatic N) is 2. The number of halogens is 2. The third-order valence-corrected chi connectivity index (χ3v) is 4.11. The van der Waals surface area contributed by atoms with Gasteiger partial charge in [-0.15, -0.1) is 36.2 Å². The highest BCUT2D eigenvalue weighted by Crippen LogP contribution is 2.21. The van der Waals surface area contributed by atoms with Gasteiger partial charge in [-0.1, -0.05) is 13.3 Å². The van der Waals surface area contributed by atoms with Crippen molar-refractivity contribution in [3.63, 3.8) is 0 Å². The van der Waals surface area contributed by atoms with Crippen molar-refractivity contribution < 1.29 is 9.59 Å². The summed E-state index contributed by atoms with van der Waals surface area (Å²) < 4.78 is 0. The molecule has 1 saturated heterocycles. The van der Waals surface area contributed by atoms with Gasteiger partial charge in [-0.25, -0.2) is 4.98 Å². The van der Waals surface area contributed by atoms with Crippen LogP contribution >= 0.6 is 36.2 Å². The fourth-order valence-electron chi connectivity index (χ4n) is 2.42. The lowest BCUT2D eigenvalue weighted by molar-refractivity contribution is -0.137. The van der Waals surface area contributed by atoms with Crippen molar-refractivity contribution in [2.24, 2.45) is 5.73 Å². The highest BCUT2D eigenvalue weighted by atomic mass is 35.5. The first-order valence-electron chi connectivity index (χ1n) is 6.90. The third kappa shape index (κ3) is 5.08. The molecule has 0 saturated carbocycles. The molecule has 2 heterocycles. The fraction of sp³-hybridized carbons (Fsp3) is 0.615. The van der Waals surface area contributed by atoms with Gasteiger partial charge in [0, 0.05) is 18.1 Å². The van der Waals surface area contributed by atoms with Gasteiger partial charge in [0.05, 0.1) is 6.04 Å². The second-order valence-electron chi connectivity index (χ2n) is 4.91. The maximum absolute atomic E-state index is 12.3. The SMILES string of the molecule is CCCC(N)C(=O)N1CCCC1C(=O)Nc1nccs1.Cl.Cl. The molecule has 2 amide bonds. The van der Waals surface area contributed by atoms with E-state index in [1.54, 1.807) is 16.5 Å². The van der Waals surface area contributed by atoms with E-state index in [1.807, 2.05) is 6.92 Å². The van der Waals surface area contributed by atoms with Crippen molar-refractivity contribution in [1.29, 1.82) is 0 Å². The van der Waals surface area contributed by atoms with Crippen molar-refractivity contribution in [2.45, 2.75) is 44.7 Å². The van der Waals surface area contributed by atoms with Crippen LogP contribution in [0.15, 0.2) is 11.6 Å². The monoisotopic (exact) mass is 368 g/mol. The van der Waals surface area contributed by atoms with Crippen LogP contribution in [0.1, 0.15) is 32.6 Å². The van der Waals surface area contributed by atoms with Crippen LogP contribution in [0, 0.1) is 0 Å². The van der Waals surface area contributed by atoms with Crippen molar-refractivity contribution >= 4 is 53.1 Å². The lowest BCUT2D eigenvalue weighted by atomic mass is 10.1. The van der Waals surface area contributed by atoms with Gasteiger partial charge in [-0.3, -0.25) is 9.59 Å². The number of hydrogen-bond acceptors (Lipinski definition) is 5. The molecule has 3 N–H and O–H groups in total. The molecular weight excluding hydrogens is 347 g/mol. The van der Waals surface area contributed by atoms with E-state index < -0.39 is 12.1 Å². The molecule has 126 valence electrons. The summed E-state index contributed by atoms with van der Waals surface area (Å²) in [5, 5.41) is 5.11. The standard InChI is InChI=1S/C13H20N4O2S.2ClH/c1-2-4-9(14)12(19)17-7-3-5-10(17)11(18)16-13-15-6-8-20-13;;/h6,8-10H,2-5,7,14H2,1H3,(H,15,16,18);2*1H. The fourth-order valence-corrected chi connectivity index (χ4v) is 2.96. The number of nitrogens with two attached hydrogens (primary N) is 1. The molecule has 1 fully saturated rings. The van der Waals surface area contributed by atoms with Gasteiger partial charge in [0.1, 0.15) is 6.04 Å². The molecule has 1 aromatic rings. The lowest BCUT2D eigenvalue weighted by Crippen LogP contribution is -2.49. The Morgan fingerprint density at radius 3 is 2.86 bits per heavy atom. The van der Waals surface area contributed by atoms with Gasteiger partial charge in [0.2, 0.25) is 11.8 Å². The van der Waals surface area contributed by atoms with Crippen molar-refractivity contribution in [1.82, 2.24) is 9.88 Å². The number of rotatable bonds is 5. The average Bonchev–Trinajstić information content (AvgIpc) is 3.08. The Labute approximate surface area is 146 Å². The molecule has 0 aliphatic carbocycles. The second kappa shape index (κ2) is 9.99. The topological polar surface area (TPSA) is 88.3 Å². The van der Waals surface area contributed by atoms with E-state index in [2.05, 4.69) is 10.3 Å². The summed E-state index contributed by atoms with van der Waals surface area (Å²) in [6.07, 6.45) is 4.66. The first-order valence-corrected chi connectivity index (χ1v) is 7.78. The van der Waals surface area contributed by atoms with E-state index in [0.717, 1.165) is 12.8 Å². The van der Waals surface area contributed by atoms with E-state index in [1.165, 1.54) is 11.3 Å². The quantitative estimate of drug-likeness (QED) is 0.831. The van der Waals surface area contributed by atoms with Crippen LogP contribution in [-0.4, -0.2) is 40.3 Å². The van der Waals surface area contributed by atoms with Crippen LogP contribution in [0.25, 0.3) is 0 Å². The Kier molecular flexibility index (Phi) is 9.59. The highest BCUT2D eigenvalue weighted by Gasteiger charge is 2.36. The van der Waals surface area contributed by atoms with Crippen LogP contribution in [0.4, 0.5) is 5.13 Å². The Morgan fingerprint density at radius 2 is 2.27 bits per heavy atom. The number of aromatic nitrogens is 1. The number of thiazole rings is 1. The number of likely N-dealkylation sites (tertiary alicyclic amines) is 1. The molecule has 2 rings (SSSR count). The maximum Gasteiger partial charge on any atom is 0.248 e. The van der Waals surface area contributed by atoms with Crippen LogP contribution in [0.2, 0.25) is 0 Å². The van der Waals surface area contributed by atoms with E-state index in [-0.39, 0.29) is 36.6 Å². The molecule has 1 aliphatic rings. The minimum absolute atomic E-state index is 0. The Hall–Kier alpha value is -0.890. The summed E-state index contributed by atoms with van der Waals surface area (Å²) in [5.41, 5.74) is 5.87. The molecular formula is C13H22Cl2N4O2S. The number of carbonyl (C=O) groups excluding carboxylic acids is 2. The normalized spacial score (nSPS) is 18.1. The van der Waals surface area contributed by atoms with Crippen molar-refractivity contribution in [3.05, 3.63) is 11.6 Å². The predicted molar refractivity (Wildman–Crippen MR) is 92.9 cm³/mol. The molecule has 1 aliphatic heterocycles. The molecule has 6 nitrogen and oxygen atoms in total. The molecule has 2 atom stereocenters. The molecule has 0 spiro atoms. The summed E-state index contributed by atoms with van der Waals surface area (Å²) in [7, 11) is 0. The van der Waals surface area contributed by atoms with Crippen LogP contribution in [-0.2, 0) is 9.59 Å². The smallest absolute Gasteiger partial charge is 0.248 e. The van der Waals surface area contributed by atoms with Gasteiger partial charge < -0.3 is 16.0 Å². The average molecular weight is 369 g/mol. The van der Waals surface area contributed by atoms with Crippen LogP contribution in [0.3, 0.4) is 0 Å². The van der Waals surface area contributed by atoms with Crippen molar-refractivity contribution in [2.75, 3.05) is 11.9 Å². The van der Waals surface area contributed by atoms with Gasteiger partial charge >= 0.3 is 0 Å². The zero-order chi connectivity index (χ0) is 14.5. The molecule has 9 heteroatoms. The summed E-state index contributed by atoms with van der Waals surface area (Å²) >= 11 is 1.36. The molecule has 22 heavy (non-hydrogen) atoms. The number of anilines is 1. The number of nitrogens with one attached hydrogen (secondary N) is 1. The molecule has 1 aromatic heterocycles. The largest absolute Gasteiger partial charge is 0.329 e. The number of hydrogen-bond donors (Lipinski definition) is 2. The minimum atomic E-state index is -0.506. The molecule has 2 unspecified atom stereocenters. The zero-order valence-electron chi connectivity index (χ0n) is 12.4. The maximum atomic E-state index is 12.3. The molecule has 0 aromatic carbocycles. The number of amides is 2. The van der Waals surface area contributed by atoms with Gasteiger partial charge in [0.15, 0.2) is 5.13 Å². The summed E-state index contributed by atoms with van der Waals surface area (Å²) in [6.45, 7) is 2.59. The van der Waals surface area contributed by atoms with E-state index in [0.29, 0.717) is 24.5 Å². The second-order valence-corrected chi connectivity index (χ2v) is 5.81. The summed E-state index contributed by atoms with van der Waals surface area (Å²) in [6, 6.07) is -0.928. The minimum Gasteiger partial charge on any atom is -0.329 e. The van der Waals surface area contributed by atoms with Gasteiger partial charge in [0.25, 0.3) is 0 Å². The zero-order valence-corrected chi connectivity index (χ0v) is 14.8. The summed E-state index contributed by atoms with van der Waals surface area (Å²) in [5.74, 6) is -0.293. The summed E-state index contributed by atoms with van der Waals surface area (Å²) in [4.78, 5) is 30.1. The molecule has 0 bridgehead atoms. The van der Waals surface area contributed by atoms with Crippen LogP contribution < -0.4 is 11.1 Å². The lowest BCUT2D eigenvalue weighted by Gasteiger charge is -2.26. The number of carbonyl (C=O) groups is 2. The Bertz CT molecular complexity index is 473. The Morgan fingerprint density at radius 1 is 1.55 bits per heavy atom. The Balaban J connectivity index is 0.00000220. The first kappa shape index (κ1) is 21.1. The molecule has 0 radical (unpaired) electrons. The third-order valence-electron chi connectivity index (χ3n) is 3.42. The first-order chi connectivity index (χ1) is 9.63. The van der Waals surface area contributed by atoms with Gasteiger partial charge in [-0.2, -0.15) is 0 Å². The predicted octanol–water partition coefficient (Wildman–Crippen LogP) is 2.04. The highest BCUT2D eigenvalue weighted by molar-refractivity contribution is 7.13. The van der Waals surface area contributed by atoms with E-state index in [9.17, 15) is 9.59 Å². The van der Waals surface area contributed by atoms with Crippen LogP contribution in [0.5, 0.6) is 0 Å².